The zero-order valence-corrected chi connectivity index (χ0v) is 30.1. The summed E-state index contributed by atoms with van der Waals surface area (Å²) in [6.45, 7) is 2.35. The summed E-state index contributed by atoms with van der Waals surface area (Å²) < 4.78 is 26.0. The monoisotopic (exact) mass is 713 g/mol. The first kappa shape index (κ1) is 31.5. The number of nitrogens with zero attached hydrogens (tertiary/aromatic N) is 1. The van der Waals surface area contributed by atoms with Gasteiger partial charge < -0.3 is 23.8 Å². The Morgan fingerprint density at radius 3 is 1.75 bits per heavy atom. The van der Waals surface area contributed by atoms with E-state index in [1.807, 2.05) is 72.8 Å². The number of rotatable bonds is 5. The second-order valence-corrected chi connectivity index (χ2v) is 14.5. The molecule has 7 aromatic carbocycles. The molecule has 7 aromatic rings. The lowest BCUT2D eigenvalue weighted by molar-refractivity contribution is 0.359. The van der Waals surface area contributed by atoms with Gasteiger partial charge in [0, 0.05) is 11.8 Å². The van der Waals surface area contributed by atoms with Gasteiger partial charge in [-0.05, 0) is 106 Å². The first-order valence-electron chi connectivity index (χ1n) is 18.8. The maximum Gasteiger partial charge on any atom is 0.194 e. The number of hydrogen-bond donors (Lipinski definition) is 0. The Balaban J connectivity index is 1.16. The van der Waals surface area contributed by atoms with Crippen molar-refractivity contribution < 1.29 is 18.9 Å². The van der Waals surface area contributed by atoms with Crippen molar-refractivity contribution in [2.45, 2.75) is 18.8 Å². The molecule has 4 aliphatic rings. The van der Waals surface area contributed by atoms with Crippen LogP contribution in [0.4, 0.5) is 17.1 Å². The van der Waals surface area contributed by atoms with E-state index in [-0.39, 0.29) is 0 Å². The van der Waals surface area contributed by atoms with Crippen LogP contribution in [0, 0.1) is 5.92 Å². The molecule has 5 nitrogen and oxygen atoms in total. The molecule has 55 heavy (non-hydrogen) atoms. The van der Waals surface area contributed by atoms with Gasteiger partial charge in [-0.25, -0.2) is 0 Å². The minimum absolute atomic E-state index is 0.363. The minimum atomic E-state index is -0.536. The fourth-order valence-corrected chi connectivity index (χ4v) is 8.92. The number of anilines is 3. The molecule has 0 unspecified atom stereocenters. The molecule has 0 spiro atoms. The maximum atomic E-state index is 6.72. The number of allylic oxidation sites excluding steroid dienone is 4. The first-order valence-corrected chi connectivity index (χ1v) is 18.8. The lowest BCUT2D eigenvalue weighted by Crippen LogP contribution is -2.30. The Kier molecular flexibility index (Phi) is 7.05. The van der Waals surface area contributed by atoms with Crippen LogP contribution in [0.2, 0.25) is 0 Å². The predicted octanol–water partition coefficient (Wildman–Crippen LogP) is 13.6. The summed E-state index contributed by atoms with van der Waals surface area (Å²) >= 11 is 0. The number of benzene rings is 7. The molecule has 0 aromatic heterocycles. The maximum absolute atomic E-state index is 6.72. The summed E-state index contributed by atoms with van der Waals surface area (Å²) in [6, 6.07) is 56.6. The lowest BCUT2D eigenvalue weighted by atomic mass is 9.66. The van der Waals surface area contributed by atoms with Gasteiger partial charge in [-0.2, -0.15) is 0 Å². The van der Waals surface area contributed by atoms with Gasteiger partial charge in [-0.15, -0.1) is 0 Å². The van der Waals surface area contributed by atoms with Crippen LogP contribution in [0.1, 0.15) is 35.6 Å². The number of para-hydroxylation sites is 5. The van der Waals surface area contributed by atoms with E-state index in [0.717, 1.165) is 23.5 Å². The van der Waals surface area contributed by atoms with Crippen molar-refractivity contribution in [1.29, 1.82) is 0 Å². The van der Waals surface area contributed by atoms with E-state index in [9.17, 15) is 0 Å². The van der Waals surface area contributed by atoms with E-state index >= 15 is 0 Å². The normalized spacial score (nSPS) is 16.4. The number of ether oxygens (including phenoxy) is 4. The summed E-state index contributed by atoms with van der Waals surface area (Å²) in [5.74, 6) is 5.65. The van der Waals surface area contributed by atoms with E-state index < -0.39 is 5.41 Å². The van der Waals surface area contributed by atoms with Crippen LogP contribution in [0.3, 0.4) is 0 Å². The van der Waals surface area contributed by atoms with Gasteiger partial charge in [-0.3, -0.25) is 0 Å². The third-order valence-corrected chi connectivity index (χ3v) is 11.3. The first-order chi connectivity index (χ1) is 27.2. The van der Waals surface area contributed by atoms with Crippen molar-refractivity contribution in [3.63, 3.8) is 0 Å². The van der Waals surface area contributed by atoms with E-state index in [0.29, 0.717) is 51.9 Å². The number of fused-ring (bicyclic) bond motifs is 6. The molecule has 0 radical (unpaired) electrons. The molecular formula is C50H35NO4. The Morgan fingerprint density at radius 1 is 0.509 bits per heavy atom. The van der Waals surface area contributed by atoms with Crippen molar-refractivity contribution >= 4 is 22.6 Å². The van der Waals surface area contributed by atoms with Gasteiger partial charge in [-0.1, -0.05) is 116 Å². The Morgan fingerprint density at radius 2 is 1.05 bits per heavy atom. The van der Waals surface area contributed by atoms with Gasteiger partial charge in [0.25, 0.3) is 0 Å². The summed E-state index contributed by atoms with van der Waals surface area (Å²) in [7, 11) is 0. The second-order valence-electron chi connectivity index (χ2n) is 14.5. The molecule has 2 aliphatic carbocycles. The molecule has 2 heterocycles. The molecule has 0 fully saturated rings. The SMILES string of the molecule is C[C@H]1CC=CC2=C1c1ccc(N(c3ccc4c(c3)Oc3ccccc3O4)c3cccc4c3Oc3ccccc3O4)cc1C2(c1ccccc1)c1ccccc1. The van der Waals surface area contributed by atoms with Gasteiger partial charge in [0.05, 0.1) is 16.8 Å². The highest BCUT2D eigenvalue weighted by Crippen LogP contribution is 2.60. The van der Waals surface area contributed by atoms with Crippen molar-refractivity contribution in [3.05, 3.63) is 204 Å². The molecule has 0 bridgehead atoms. The topological polar surface area (TPSA) is 40.2 Å². The standard InChI is InChI=1S/C50H35NO4/c1-32-14-12-19-38-48(32)37-28-26-35(30-39(37)50(38,33-15-4-2-5-16-33)34-17-6-3-7-18-34)51(36-27-29-45-47(31-36)54-42-22-9-8-21-41(42)52-45)40-20-13-25-46-49(40)55-44-24-11-10-23-43(44)53-46/h2-13,15-32H,14H2,1H3/t32-/m0/s1. The smallest absolute Gasteiger partial charge is 0.194 e. The van der Waals surface area contributed by atoms with Crippen LogP contribution in [0.25, 0.3) is 5.57 Å². The van der Waals surface area contributed by atoms with Crippen molar-refractivity contribution in [2.75, 3.05) is 4.90 Å². The van der Waals surface area contributed by atoms with E-state index in [1.54, 1.807) is 0 Å². The predicted molar refractivity (Wildman–Crippen MR) is 217 cm³/mol. The van der Waals surface area contributed by atoms with Crippen LogP contribution >= 0.6 is 0 Å². The Hall–Kier alpha value is -6.98. The van der Waals surface area contributed by atoms with E-state index in [2.05, 4.69) is 115 Å². The lowest BCUT2D eigenvalue weighted by Gasteiger charge is -2.36. The third kappa shape index (κ3) is 4.79. The summed E-state index contributed by atoms with van der Waals surface area (Å²) in [4.78, 5) is 2.25. The largest absolute Gasteiger partial charge is 0.450 e. The number of hydrogen-bond acceptors (Lipinski definition) is 5. The molecular weight excluding hydrogens is 679 g/mol. The quantitative estimate of drug-likeness (QED) is 0.178. The molecule has 1 atom stereocenters. The summed E-state index contributed by atoms with van der Waals surface area (Å²) in [5, 5.41) is 0. The molecule has 0 saturated carbocycles. The molecule has 0 amide bonds. The molecule has 0 saturated heterocycles. The van der Waals surface area contributed by atoms with Crippen LogP contribution in [0.5, 0.6) is 46.0 Å². The second kappa shape index (κ2) is 12.3. The Labute approximate surface area is 320 Å². The summed E-state index contributed by atoms with van der Waals surface area (Å²) in [5.41, 5.74) is 9.89. The van der Waals surface area contributed by atoms with Crippen LogP contribution < -0.4 is 23.8 Å². The third-order valence-electron chi connectivity index (χ3n) is 11.3. The van der Waals surface area contributed by atoms with Crippen LogP contribution in [0.15, 0.2) is 182 Å². The highest BCUT2D eigenvalue weighted by atomic mass is 16.6. The van der Waals surface area contributed by atoms with Gasteiger partial charge in [0.15, 0.2) is 46.0 Å². The zero-order chi connectivity index (χ0) is 36.5. The van der Waals surface area contributed by atoms with Crippen LogP contribution in [-0.4, -0.2) is 0 Å². The highest BCUT2D eigenvalue weighted by molar-refractivity contribution is 5.92. The molecule has 2 aliphatic heterocycles. The highest BCUT2D eigenvalue weighted by Gasteiger charge is 2.48. The van der Waals surface area contributed by atoms with Crippen LogP contribution in [-0.2, 0) is 5.41 Å². The fraction of sp³-hybridized carbons (Fsp3) is 0.0800. The van der Waals surface area contributed by atoms with Gasteiger partial charge >= 0.3 is 0 Å². The van der Waals surface area contributed by atoms with Crippen molar-refractivity contribution in [1.82, 2.24) is 0 Å². The molecule has 11 rings (SSSR count). The molecule has 5 heteroatoms. The van der Waals surface area contributed by atoms with E-state index in [1.165, 1.54) is 33.4 Å². The van der Waals surface area contributed by atoms with Crippen molar-refractivity contribution in [2.24, 2.45) is 5.92 Å². The minimum Gasteiger partial charge on any atom is -0.450 e. The summed E-state index contributed by atoms with van der Waals surface area (Å²) in [6.07, 6.45) is 5.73. The molecule has 264 valence electrons. The van der Waals surface area contributed by atoms with Gasteiger partial charge in [0.2, 0.25) is 0 Å². The average Bonchev–Trinajstić information content (AvgIpc) is 3.54. The van der Waals surface area contributed by atoms with Gasteiger partial charge in [0.1, 0.15) is 0 Å². The average molecular weight is 714 g/mol. The van der Waals surface area contributed by atoms with E-state index in [4.69, 9.17) is 18.9 Å². The fourth-order valence-electron chi connectivity index (χ4n) is 8.92. The van der Waals surface area contributed by atoms with Crippen molar-refractivity contribution in [3.8, 4) is 46.0 Å². The molecule has 0 N–H and O–H groups in total. The Bertz CT molecular complexity index is 2680. The zero-order valence-electron chi connectivity index (χ0n) is 30.1.